The summed E-state index contributed by atoms with van der Waals surface area (Å²) in [6.07, 6.45) is 1.41. The maximum atomic E-state index is 10.8. The molecule has 2 heterocycles. The van der Waals surface area contributed by atoms with Crippen LogP contribution in [0.4, 0.5) is 17.5 Å². The largest absolute Gasteiger partial charge is 0.473 e. The van der Waals surface area contributed by atoms with Gasteiger partial charge in [0, 0.05) is 10.2 Å². The number of nitrogens with zero attached hydrogens (tertiary/aromatic N) is 4. The SMILES string of the molecule is O=[N+]([O-])c1nc(Nc2cccc(Br)c2)c2[nH]cnc2n1. The highest BCUT2D eigenvalue weighted by Gasteiger charge is 2.19. The molecule has 2 aromatic heterocycles. The van der Waals surface area contributed by atoms with Crippen molar-refractivity contribution < 1.29 is 4.92 Å². The lowest BCUT2D eigenvalue weighted by Gasteiger charge is -2.04. The van der Waals surface area contributed by atoms with Crippen molar-refractivity contribution in [1.29, 1.82) is 0 Å². The Morgan fingerprint density at radius 2 is 2.20 bits per heavy atom. The number of benzene rings is 1. The smallest absolute Gasteiger partial charge is 0.390 e. The van der Waals surface area contributed by atoms with Crippen LogP contribution >= 0.6 is 15.9 Å². The second-order valence-corrected chi connectivity index (χ2v) is 4.78. The molecule has 0 spiro atoms. The number of imidazole rings is 1. The fourth-order valence-electron chi connectivity index (χ4n) is 1.70. The first kappa shape index (κ1) is 12.5. The third kappa shape index (κ3) is 2.30. The van der Waals surface area contributed by atoms with E-state index in [1.54, 1.807) is 0 Å². The predicted octanol–water partition coefficient (Wildman–Crippen LogP) is 2.77. The highest BCUT2D eigenvalue weighted by molar-refractivity contribution is 9.10. The first-order valence-electron chi connectivity index (χ1n) is 5.51. The Hall–Kier alpha value is -2.55. The number of aromatic amines is 1. The van der Waals surface area contributed by atoms with E-state index in [1.165, 1.54) is 6.33 Å². The third-order valence-corrected chi connectivity index (χ3v) is 3.02. The molecule has 0 unspecified atom stereocenters. The summed E-state index contributed by atoms with van der Waals surface area (Å²) < 4.78 is 0.881. The number of anilines is 2. The molecule has 0 fully saturated rings. The zero-order valence-electron chi connectivity index (χ0n) is 9.87. The summed E-state index contributed by atoms with van der Waals surface area (Å²) in [7, 11) is 0. The van der Waals surface area contributed by atoms with Crippen LogP contribution in [-0.2, 0) is 0 Å². The van der Waals surface area contributed by atoms with E-state index in [2.05, 4.69) is 41.2 Å². The van der Waals surface area contributed by atoms with Gasteiger partial charge in [-0.15, -0.1) is 0 Å². The number of aromatic nitrogens is 4. The molecule has 0 aliphatic rings. The van der Waals surface area contributed by atoms with E-state index in [-0.39, 0.29) is 5.65 Å². The van der Waals surface area contributed by atoms with Crippen LogP contribution in [0.3, 0.4) is 0 Å². The lowest BCUT2D eigenvalue weighted by molar-refractivity contribution is -0.394. The molecule has 0 bridgehead atoms. The summed E-state index contributed by atoms with van der Waals surface area (Å²) in [5.74, 6) is -0.195. The van der Waals surface area contributed by atoms with Crippen molar-refractivity contribution in [2.45, 2.75) is 0 Å². The van der Waals surface area contributed by atoms with Gasteiger partial charge in [-0.2, -0.15) is 0 Å². The molecule has 9 heteroatoms. The summed E-state index contributed by atoms with van der Waals surface area (Å²) in [6.45, 7) is 0. The monoisotopic (exact) mass is 334 g/mol. The van der Waals surface area contributed by atoms with Gasteiger partial charge in [0.25, 0.3) is 5.65 Å². The summed E-state index contributed by atoms with van der Waals surface area (Å²) in [6, 6.07) is 7.36. The van der Waals surface area contributed by atoms with Crippen molar-refractivity contribution in [3.63, 3.8) is 0 Å². The van der Waals surface area contributed by atoms with Gasteiger partial charge in [-0.25, -0.2) is 4.98 Å². The Kier molecular flexibility index (Phi) is 3.03. The molecule has 0 atom stereocenters. The van der Waals surface area contributed by atoms with Crippen molar-refractivity contribution in [2.75, 3.05) is 5.32 Å². The third-order valence-electron chi connectivity index (χ3n) is 2.52. The maximum absolute atomic E-state index is 10.8. The number of nitro groups is 1. The summed E-state index contributed by atoms with van der Waals surface area (Å²) in [5, 5.41) is 13.8. The topological polar surface area (TPSA) is 110 Å². The van der Waals surface area contributed by atoms with Crippen LogP contribution < -0.4 is 5.32 Å². The van der Waals surface area contributed by atoms with Gasteiger partial charge in [0.15, 0.2) is 5.52 Å². The number of halogens is 1. The average molecular weight is 335 g/mol. The van der Waals surface area contributed by atoms with Gasteiger partial charge in [-0.05, 0) is 33.1 Å². The molecular weight excluding hydrogens is 328 g/mol. The number of rotatable bonds is 3. The van der Waals surface area contributed by atoms with Crippen LogP contribution in [0.1, 0.15) is 0 Å². The van der Waals surface area contributed by atoms with Gasteiger partial charge >= 0.3 is 5.95 Å². The number of H-pyrrole nitrogens is 1. The number of hydrogen-bond donors (Lipinski definition) is 2. The van der Waals surface area contributed by atoms with Crippen LogP contribution in [0.2, 0.25) is 0 Å². The first-order chi connectivity index (χ1) is 9.63. The van der Waals surface area contributed by atoms with E-state index in [1.807, 2.05) is 24.3 Å². The van der Waals surface area contributed by atoms with Crippen molar-refractivity contribution in [1.82, 2.24) is 19.9 Å². The molecule has 100 valence electrons. The van der Waals surface area contributed by atoms with E-state index in [4.69, 9.17) is 0 Å². The number of fused-ring (bicyclic) bond motifs is 1. The highest BCUT2D eigenvalue weighted by atomic mass is 79.9. The van der Waals surface area contributed by atoms with Gasteiger partial charge in [0.2, 0.25) is 5.82 Å². The molecular formula is C11H7BrN6O2. The lowest BCUT2D eigenvalue weighted by Crippen LogP contribution is -2.01. The minimum Gasteiger partial charge on any atom is -0.390 e. The molecule has 0 amide bonds. The molecule has 0 radical (unpaired) electrons. The Labute approximate surface area is 120 Å². The molecule has 0 aliphatic heterocycles. The quantitative estimate of drug-likeness (QED) is 0.563. The van der Waals surface area contributed by atoms with Crippen molar-refractivity contribution in [3.05, 3.63) is 45.2 Å². The van der Waals surface area contributed by atoms with Gasteiger partial charge in [-0.1, -0.05) is 22.0 Å². The van der Waals surface area contributed by atoms with Crippen molar-refractivity contribution in [3.8, 4) is 0 Å². The molecule has 0 saturated carbocycles. The Balaban J connectivity index is 2.09. The van der Waals surface area contributed by atoms with Gasteiger partial charge in [0.05, 0.1) is 6.33 Å². The summed E-state index contributed by atoms with van der Waals surface area (Å²) in [4.78, 5) is 24.6. The predicted molar refractivity (Wildman–Crippen MR) is 75.8 cm³/mol. The summed E-state index contributed by atoms with van der Waals surface area (Å²) >= 11 is 3.35. The molecule has 1 aromatic carbocycles. The normalized spacial score (nSPS) is 10.7. The lowest BCUT2D eigenvalue weighted by atomic mass is 10.3. The minimum atomic E-state index is -0.653. The van der Waals surface area contributed by atoms with E-state index < -0.39 is 10.9 Å². The zero-order chi connectivity index (χ0) is 14.1. The molecule has 3 aromatic rings. The van der Waals surface area contributed by atoms with Crippen LogP contribution in [-0.4, -0.2) is 24.9 Å². The molecule has 8 nitrogen and oxygen atoms in total. The zero-order valence-corrected chi connectivity index (χ0v) is 11.5. The van der Waals surface area contributed by atoms with E-state index in [9.17, 15) is 10.1 Å². The van der Waals surface area contributed by atoms with Gasteiger partial charge in [0.1, 0.15) is 0 Å². The number of hydrogen-bond acceptors (Lipinski definition) is 6. The second kappa shape index (κ2) is 4.85. The van der Waals surface area contributed by atoms with Crippen molar-refractivity contribution in [2.24, 2.45) is 0 Å². The standard InChI is InChI=1S/C11H7BrN6O2/c12-6-2-1-3-7(4-6)15-10-8-9(14-5-13-8)16-11(17-10)18(19)20/h1-5H,(H2,13,14,15,16,17). The minimum absolute atomic E-state index is 0.240. The van der Waals surface area contributed by atoms with Crippen LogP contribution in [0.25, 0.3) is 11.2 Å². The van der Waals surface area contributed by atoms with Crippen molar-refractivity contribution >= 4 is 44.5 Å². The average Bonchev–Trinajstić information content (AvgIpc) is 2.87. The van der Waals surface area contributed by atoms with Crippen LogP contribution in [0.5, 0.6) is 0 Å². The molecule has 2 N–H and O–H groups in total. The van der Waals surface area contributed by atoms with E-state index in [0.29, 0.717) is 11.3 Å². The molecule has 0 saturated heterocycles. The molecule has 3 rings (SSSR count). The summed E-state index contributed by atoms with van der Waals surface area (Å²) in [5.41, 5.74) is 1.49. The maximum Gasteiger partial charge on any atom is 0.473 e. The Morgan fingerprint density at radius 1 is 1.35 bits per heavy atom. The van der Waals surface area contributed by atoms with Crippen LogP contribution in [0.15, 0.2) is 35.1 Å². The fraction of sp³-hybridized carbons (Fsp3) is 0. The number of nitrogens with one attached hydrogen (secondary N) is 2. The van der Waals surface area contributed by atoms with E-state index >= 15 is 0 Å². The molecule has 20 heavy (non-hydrogen) atoms. The Morgan fingerprint density at radius 3 is 2.95 bits per heavy atom. The highest BCUT2D eigenvalue weighted by Crippen LogP contribution is 2.24. The molecule has 0 aliphatic carbocycles. The van der Waals surface area contributed by atoms with Gasteiger partial charge < -0.3 is 20.4 Å². The van der Waals surface area contributed by atoms with E-state index in [0.717, 1.165) is 10.2 Å². The fourth-order valence-corrected chi connectivity index (χ4v) is 2.10. The second-order valence-electron chi connectivity index (χ2n) is 3.87. The van der Waals surface area contributed by atoms with Gasteiger partial charge in [-0.3, -0.25) is 0 Å². The Bertz CT molecular complexity index is 802. The first-order valence-corrected chi connectivity index (χ1v) is 6.31. The van der Waals surface area contributed by atoms with Crippen LogP contribution in [0, 0.1) is 10.1 Å².